The number of hydrogen-bond acceptors (Lipinski definition) is 2. The molecule has 0 saturated heterocycles. The highest BCUT2D eigenvalue weighted by Crippen LogP contribution is 2.65. The molecule has 0 N–H and O–H groups in total. The maximum atomic E-state index is 2.56. The van der Waals surface area contributed by atoms with Crippen molar-refractivity contribution in [3.8, 4) is 33.4 Å². The third-order valence-corrected chi connectivity index (χ3v) is 14.7. The van der Waals surface area contributed by atoms with Crippen LogP contribution in [0.15, 0.2) is 164 Å². The van der Waals surface area contributed by atoms with Crippen molar-refractivity contribution in [2.75, 3.05) is 4.90 Å². The minimum absolute atomic E-state index is 0.0991. The van der Waals surface area contributed by atoms with Gasteiger partial charge in [0.25, 0.3) is 0 Å². The highest BCUT2D eigenvalue weighted by molar-refractivity contribution is 7.25. The summed E-state index contributed by atoms with van der Waals surface area (Å²) in [5.74, 6) is 3.00. The molecule has 3 aliphatic carbocycles. The molecule has 1 aromatic heterocycles. The number of rotatable bonds is 5. The molecule has 2 fully saturated rings. The van der Waals surface area contributed by atoms with E-state index in [2.05, 4.69) is 183 Å². The number of nitrogens with zero attached hydrogens (tertiary/aromatic N) is 1. The predicted molar refractivity (Wildman–Crippen MR) is 235 cm³/mol. The van der Waals surface area contributed by atoms with Crippen LogP contribution in [-0.2, 0) is 5.41 Å². The summed E-state index contributed by atoms with van der Waals surface area (Å²) in [7, 11) is 0. The van der Waals surface area contributed by atoms with E-state index < -0.39 is 0 Å². The fraction of sp³-hybridized carbons (Fsp3) is 0.208. The lowest BCUT2D eigenvalue weighted by atomic mass is 9.49. The second-order valence-electron chi connectivity index (χ2n) is 16.7. The number of benzene rings is 7. The van der Waals surface area contributed by atoms with Crippen LogP contribution in [0.3, 0.4) is 0 Å². The summed E-state index contributed by atoms with van der Waals surface area (Å²) < 4.78 is 2.67. The lowest BCUT2D eigenvalue weighted by Crippen LogP contribution is -2.49. The van der Waals surface area contributed by atoms with Crippen LogP contribution in [0.2, 0.25) is 0 Å². The normalized spacial score (nSPS) is 22.5. The van der Waals surface area contributed by atoms with Crippen LogP contribution in [0.25, 0.3) is 53.6 Å². The van der Waals surface area contributed by atoms with Gasteiger partial charge in [-0.25, -0.2) is 0 Å². The van der Waals surface area contributed by atoms with Crippen LogP contribution in [0.4, 0.5) is 17.1 Å². The van der Waals surface area contributed by atoms with Crippen molar-refractivity contribution in [2.45, 2.75) is 44.9 Å². The average molecular weight is 728 g/mol. The zero-order chi connectivity index (χ0) is 36.7. The number of thiophene rings is 1. The molecule has 0 amide bonds. The molecule has 55 heavy (non-hydrogen) atoms. The van der Waals surface area contributed by atoms with Crippen LogP contribution < -0.4 is 4.90 Å². The molecular formula is C53H45NS. The van der Waals surface area contributed by atoms with E-state index in [-0.39, 0.29) is 5.41 Å². The summed E-state index contributed by atoms with van der Waals surface area (Å²) in [5.41, 5.74) is 14.7. The van der Waals surface area contributed by atoms with Crippen LogP contribution in [0, 0.1) is 23.7 Å². The van der Waals surface area contributed by atoms with Crippen LogP contribution in [0.1, 0.15) is 50.7 Å². The topological polar surface area (TPSA) is 3.24 Å². The van der Waals surface area contributed by atoms with E-state index >= 15 is 0 Å². The van der Waals surface area contributed by atoms with Crippen LogP contribution >= 0.6 is 11.3 Å². The van der Waals surface area contributed by atoms with Crippen molar-refractivity contribution >= 4 is 48.6 Å². The Hall–Kier alpha value is -5.44. The Morgan fingerprint density at radius 2 is 1.15 bits per heavy atom. The smallest absolute Gasteiger partial charge is 0.0468 e. The quantitative estimate of drug-likeness (QED) is 0.171. The highest BCUT2D eigenvalue weighted by Gasteiger charge is 2.56. The third kappa shape index (κ3) is 5.04. The van der Waals surface area contributed by atoms with E-state index in [9.17, 15) is 0 Å². The molecule has 2 bridgehead atoms. The van der Waals surface area contributed by atoms with Gasteiger partial charge >= 0.3 is 0 Å². The van der Waals surface area contributed by atoms with E-state index in [4.69, 9.17) is 0 Å². The van der Waals surface area contributed by atoms with Crippen molar-refractivity contribution < 1.29 is 0 Å². The Balaban J connectivity index is 1.02. The minimum Gasteiger partial charge on any atom is -0.310 e. The van der Waals surface area contributed by atoms with Gasteiger partial charge in [0.05, 0.1) is 0 Å². The first kappa shape index (κ1) is 32.9. The third-order valence-electron chi connectivity index (χ3n) is 13.6. The number of fused-ring (bicyclic) bond motifs is 11. The van der Waals surface area contributed by atoms with E-state index in [1.165, 1.54) is 90.6 Å². The fourth-order valence-electron chi connectivity index (χ4n) is 11.6. The van der Waals surface area contributed by atoms with Gasteiger partial charge in [0.1, 0.15) is 0 Å². The van der Waals surface area contributed by atoms with Crippen LogP contribution in [0.5, 0.6) is 0 Å². The molecule has 2 saturated carbocycles. The Bertz CT molecular complexity index is 2720. The Labute approximate surface area is 328 Å². The molecule has 1 nitrogen and oxygen atoms in total. The highest BCUT2D eigenvalue weighted by atomic mass is 32.1. The van der Waals surface area contributed by atoms with Gasteiger partial charge in [0, 0.05) is 42.6 Å². The van der Waals surface area contributed by atoms with E-state index in [1.54, 1.807) is 11.1 Å². The number of anilines is 3. The zero-order valence-electron chi connectivity index (χ0n) is 31.6. The average Bonchev–Trinajstić information content (AvgIpc) is 3.75. The van der Waals surface area contributed by atoms with E-state index in [0.29, 0.717) is 11.8 Å². The summed E-state index contributed by atoms with van der Waals surface area (Å²) in [6, 6.07) is 61.5. The Morgan fingerprint density at radius 1 is 0.491 bits per heavy atom. The summed E-state index contributed by atoms with van der Waals surface area (Å²) in [5, 5.41) is 2.68. The Kier molecular flexibility index (Phi) is 7.68. The first-order valence-electron chi connectivity index (χ1n) is 20.3. The SMILES string of the molecule is C[C@H]1C[C@@H]2C[C@H](C1)C1(c3ccccc3-c3cc(N(c4ccccc4)c4ccc(-c5ccccc5-c5cccc6sc7ccccc7c56)cc4)ccc31)[C@H](C)C2. The van der Waals surface area contributed by atoms with Gasteiger partial charge in [-0.3, -0.25) is 0 Å². The van der Waals surface area contributed by atoms with Gasteiger partial charge in [0.2, 0.25) is 0 Å². The first-order valence-corrected chi connectivity index (χ1v) is 21.1. The lowest BCUT2D eigenvalue weighted by molar-refractivity contribution is 0.0426. The van der Waals surface area contributed by atoms with Crippen molar-refractivity contribution in [1.82, 2.24) is 0 Å². The molecule has 2 heteroatoms. The Morgan fingerprint density at radius 3 is 2.00 bits per heavy atom. The lowest BCUT2D eigenvalue weighted by Gasteiger charge is -2.54. The van der Waals surface area contributed by atoms with Gasteiger partial charge in [-0.2, -0.15) is 0 Å². The van der Waals surface area contributed by atoms with E-state index in [1.807, 2.05) is 11.3 Å². The van der Waals surface area contributed by atoms with Crippen molar-refractivity contribution in [1.29, 1.82) is 0 Å². The van der Waals surface area contributed by atoms with Crippen molar-refractivity contribution in [3.05, 3.63) is 175 Å². The van der Waals surface area contributed by atoms with Crippen LogP contribution in [-0.4, -0.2) is 0 Å². The van der Waals surface area contributed by atoms with Gasteiger partial charge < -0.3 is 4.90 Å². The first-order chi connectivity index (χ1) is 27.1. The summed E-state index contributed by atoms with van der Waals surface area (Å²) in [6.45, 7) is 5.06. The molecule has 7 aromatic carbocycles. The minimum atomic E-state index is 0.0991. The molecule has 5 atom stereocenters. The molecule has 1 spiro atoms. The maximum absolute atomic E-state index is 2.56. The molecule has 268 valence electrons. The molecule has 3 aliphatic rings. The van der Waals surface area contributed by atoms with Crippen molar-refractivity contribution in [2.24, 2.45) is 23.7 Å². The second kappa shape index (κ2) is 12.8. The molecule has 1 unspecified atom stereocenters. The molecule has 0 aliphatic heterocycles. The summed E-state index contributed by atoms with van der Waals surface area (Å²) in [4.78, 5) is 2.45. The molecule has 0 radical (unpaired) electrons. The van der Waals surface area contributed by atoms with Gasteiger partial charge in [-0.15, -0.1) is 11.3 Å². The monoisotopic (exact) mass is 727 g/mol. The molecule has 8 aromatic rings. The zero-order valence-corrected chi connectivity index (χ0v) is 32.4. The summed E-state index contributed by atoms with van der Waals surface area (Å²) in [6.07, 6.45) is 5.44. The van der Waals surface area contributed by atoms with Gasteiger partial charge in [0.15, 0.2) is 0 Å². The fourth-order valence-corrected chi connectivity index (χ4v) is 12.8. The van der Waals surface area contributed by atoms with E-state index in [0.717, 1.165) is 17.5 Å². The van der Waals surface area contributed by atoms with Gasteiger partial charge in [-0.1, -0.05) is 129 Å². The summed E-state index contributed by atoms with van der Waals surface area (Å²) >= 11 is 1.88. The van der Waals surface area contributed by atoms with Crippen molar-refractivity contribution in [3.63, 3.8) is 0 Å². The number of para-hydroxylation sites is 1. The predicted octanol–water partition coefficient (Wildman–Crippen LogP) is 15.2. The number of hydrogen-bond donors (Lipinski definition) is 0. The second-order valence-corrected chi connectivity index (χ2v) is 17.8. The van der Waals surface area contributed by atoms with Gasteiger partial charge in [-0.05, 0) is 142 Å². The molecular weight excluding hydrogens is 683 g/mol. The largest absolute Gasteiger partial charge is 0.310 e. The maximum Gasteiger partial charge on any atom is 0.0468 e. The molecule has 11 rings (SSSR count). The standard InChI is InChI=1S/C53H45NS/c1-34-29-36-31-35(2)53(38(30-34)32-36)48-20-10-8-17-44(48)47-33-41(27-28-49(47)53)54(39-13-4-3-5-14-39)40-25-23-37(24-26-40)42-15-6-7-16-43(42)45-19-12-22-51-52(45)46-18-9-11-21-50(46)55-51/h3-28,33-36,38H,29-32H2,1-2H3/t34-,35+,36-,38-,53?/m0/s1. The molecule has 1 heterocycles.